The van der Waals surface area contributed by atoms with Crippen molar-refractivity contribution in [1.82, 2.24) is 4.98 Å². The monoisotopic (exact) mass is 195 g/mol. The first kappa shape index (κ1) is 7.95. The lowest BCUT2D eigenvalue weighted by Gasteiger charge is -1.93. The zero-order chi connectivity index (χ0) is 8.55. The predicted molar refractivity (Wildman–Crippen MR) is 56.4 cm³/mol. The Hall–Kier alpha value is -0.670. The van der Waals surface area contributed by atoms with Crippen molar-refractivity contribution in [1.29, 1.82) is 0 Å². The molecule has 0 spiro atoms. The third kappa shape index (κ3) is 1.30. The van der Waals surface area contributed by atoms with E-state index >= 15 is 0 Å². The Morgan fingerprint density at radius 1 is 1.50 bits per heavy atom. The number of fused-ring (bicyclic) bond motifs is 1. The summed E-state index contributed by atoms with van der Waals surface area (Å²) >= 11 is 6.70. The zero-order valence-corrected chi connectivity index (χ0v) is 8.39. The summed E-state index contributed by atoms with van der Waals surface area (Å²) in [7, 11) is 0. The van der Waals surface area contributed by atoms with E-state index in [0.29, 0.717) is 0 Å². The van der Waals surface area contributed by atoms with Gasteiger partial charge in [0.1, 0.15) is 0 Å². The van der Waals surface area contributed by atoms with Crippen LogP contribution < -0.4 is 0 Å². The van der Waals surface area contributed by atoms with E-state index in [-0.39, 0.29) is 0 Å². The van der Waals surface area contributed by atoms with Gasteiger partial charge in [0, 0.05) is 0 Å². The second-order valence-corrected chi connectivity index (χ2v) is 4.42. The van der Waals surface area contributed by atoms with Crippen LogP contribution in [0.2, 0.25) is 0 Å². The van der Waals surface area contributed by atoms with Gasteiger partial charge in [-0.05, 0) is 36.3 Å². The van der Waals surface area contributed by atoms with Crippen molar-refractivity contribution < 1.29 is 0 Å². The molecule has 1 aromatic carbocycles. The molecule has 1 heterocycles. The quantitative estimate of drug-likeness (QED) is 0.688. The van der Waals surface area contributed by atoms with Gasteiger partial charge < -0.3 is 4.98 Å². The smallest absolute Gasteiger partial charge is 0.159 e. The maximum Gasteiger partial charge on any atom is 0.159 e. The second-order valence-electron chi connectivity index (χ2n) is 2.70. The number of H-pyrrole nitrogens is 1. The number of nitrogens with one attached hydrogen (secondary N) is 1. The van der Waals surface area contributed by atoms with Crippen molar-refractivity contribution in [2.75, 3.05) is 0 Å². The van der Waals surface area contributed by atoms with E-state index in [1.165, 1.54) is 10.3 Å². The van der Waals surface area contributed by atoms with Crippen molar-refractivity contribution in [3.05, 3.63) is 27.7 Å². The molecular weight excluding hydrogens is 186 g/mol. The highest BCUT2D eigenvalue weighted by molar-refractivity contribution is 7.73. The maximum atomic E-state index is 5.06. The molecule has 12 heavy (non-hydrogen) atoms. The molecule has 2 aromatic rings. The lowest BCUT2D eigenvalue weighted by Crippen LogP contribution is -1.77. The lowest BCUT2D eigenvalue weighted by atomic mass is 10.2. The topological polar surface area (TPSA) is 15.8 Å². The van der Waals surface area contributed by atoms with Crippen LogP contribution in [0.1, 0.15) is 12.5 Å². The summed E-state index contributed by atoms with van der Waals surface area (Å²) in [6.45, 7) is 2.16. The molecule has 0 atom stereocenters. The van der Waals surface area contributed by atoms with Gasteiger partial charge in [-0.25, -0.2) is 0 Å². The molecule has 0 saturated heterocycles. The molecule has 0 aliphatic heterocycles. The highest BCUT2D eigenvalue weighted by Crippen LogP contribution is 2.20. The van der Waals surface area contributed by atoms with Crippen LogP contribution in [-0.4, -0.2) is 4.98 Å². The zero-order valence-electron chi connectivity index (χ0n) is 6.76. The molecule has 0 saturated carbocycles. The fraction of sp³-hybridized carbons (Fsp3) is 0.222. The molecule has 0 aliphatic rings. The Labute approximate surface area is 80.1 Å². The standard InChI is InChI=1S/C9H9NS2/c1-2-6-3-4-7-8(5-6)12-9(11)10-7/h3-5H,2H2,1H3,(H,10,11). The minimum absolute atomic E-state index is 0.859. The summed E-state index contributed by atoms with van der Waals surface area (Å²) in [6, 6.07) is 6.44. The molecule has 1 nitrogen and oxygen atoms in total. The summed E-state index contributed by atoms with van der Waals surface area (Å²) in [4.78, 5) is 3.14. The van der Waals surface area contributed by atoms with Gasteiger partial charge in [-0.15, -0.1) is 11.3 Å². The number of hydrogen-bond donors (Lipinski definition) is 1. The number of rotatable bonds is 1. The molecule has 2 rings (SSSR count). The van der Waals surface area contributed by atoms with Gasteiger partial charge in [-0.1, -0.05) is 13.0 Å². The van der Waals surface area contributed by atoms with Gasteiger partial charge in [0.2, 0.25) is 0 Å². The number of aryl methyl sites for hydroxylation is 1. The average Bonchev–Trinajstić information content (AvgIpc) is 2.43. The third-order valence-corrected chi connectivity index (χ3v) is 3.09. The van der Waals surface area contributed by atoms with Crippen molar-refractivity contribution in [2.24, 2.45) is 0 Å². The molecule has 1 aromatic heterocycles. The van der Waals surface area contributed by atoms with Gasteiger partial charge in [-0.2, -0.15) is 0 Å². The molecular formula is C9H9NS2. The first-order valence-electron chi connectivity index (χ1n) is 3.91. The predicted octanol–water partition coefficient (Wildman–Crippen LogP) is 3.52. The van der Waals surface area contributed by atoms with E-state index in [4.69, 9.17) is 12.2 Å². The number of benzene rings is 1. The molecule has 0 radical (unpaired) electrons. The average molecular weight is 195 g/mol. The summed E-state index contributed by atoms with van der Waals surface area (Å²) in [5.74, 6) is 0. The number of aromatic amines is 1. The summed E-state index contributed by atoms with van der Waals surface area (Å²) in [6.07, 6.45) is 1.08. The van der Waals surface area contributed by atoms with Crippen LogP contribution in [0.25, 0.3) is 10.2 Å². The van der Waals surface area contributed by atoms with Crippen LogP contribution in [0.5, 0.6) is 0 Å². The highest BCUT2D eigenvalue weighted by atomic mass is 32.1. The Bertz CT molecular complexity index is 453. The van der Waals surface area contributed by atoms with Crippen LogP contribution in [0.4, 0.5) is 0 Å². The fourth-order valence-corrected chi connectivity index (χ4v) is 2.39. The Kier molecular flexibility index (Phi) is 1.98. The lowest BCUT2D eigenvalue weighted by molar-refractivity contribution is 1.15. The maximum absolute atomic E-state index is 5.06. The Balaban J connectivity index is 2.74. The largest absolute Gasteiger partial charge is 0.337 e. The molecule has 0 fully saturated rings. The minimum atomic E-state index is 0.859. The summed E-state index contributed by atoms with van der Waals surface area (Å²) in [5.41, 5.74) is 2.52. The van der Waals surface area contributed by atoms with E-state index in [1.54, 1.807) is 11.3 Å². The minimum Gasteiger partial charge on any atom is -0.337 e. The van der Waals surface area contributed by atoms with Crippen LogP contribution >= 0.6 is 23.6 Å². The summed E-state index contributed by atoms with van der Waals surface area (Å²) in [5, 5.41) is 0. The molecule has 62 valence electrons. The molecule has 0 bridgehead atoms. The first-order valence-corrected chi connectivity index (χ1v) is 5.14. The molecule has 0 unspecified atom stereocenters. The van der Waals surface area contributed by atoms with E-state index in [0.717, 1.165) is 15.9 Å². The van der Waals surface area contributed by atoms with Crippen molar-refractivity contribution in [2.45, 2.75) is 13.3 Å². The van der Waals surface area contributed by atoms with Crippen LogP contribution in [0.3, 0.4) is 0 Å². The molecule has 1 N–H and O–H groups in total. The normalized spacial score (nSPS) is 10.8. The van der Waals surface area contributed by atoms with E-state index in [2.05, 4.69) is 30.1 Å². The van der Waals surface area contributed by atoms with Crippen molar-refractivity contribution in [3.8, 4) is 0 Å². The van der Waals surface area contributed by atoms with E-state index in [1.807, 2.05) is 0 Å². The highest BCUT2D eigenvalue weighted by Gasteiger charge is 1.96. The van der Waals surface area contributed by atoms with Crippen LogP contribution in [0.15, 0.2) is 18.2 Å². The fourth-order valence-electron chi connectivity index (χ4n) is 1.21. The molecule has 3 heteroatoms. The Morgan fingerprint density at radius 2 is 2.33 bits per heavy atom. The van der Waals surface area contributed by atoms with Crippen molar-refractivity contribution in [3.63, 3.8) is 0 Å². The van der Waals surface area contributed by atoms with Crippen molar-refractivity contribution >= 4 is 33.8 Å². The van der Waals surface area contributed by atoms with Gasteiger partial charge in [0.25, 0.3) is 0 Å². The molecule has 0 aliphatic carbocycles. The second kappa shape index (κ2) is 2.99. The van der Waals surface area contributed by atoms with Gasteiger partial charge in [0.05, 0.1) is 10.2 Å². The van der Waals surface area contributed by atoms with E-state index < -0.39 is 0 Å². The van der Waals surface area contributed by atoms with Crippen LogP contribution in [-0.2, 0) is 6.42 Å². The van der Waals surface area contributed by atoms with E-state index in [9.17, 15) is 0 Å². The van der Waals surface area contributed by atoms with Gasteiger partial charge >= 0.3 is 0 Å². The number of thiazole rings is 1. The summed E-state index contributed by atoms with van der Waals surface area (Å²) < 4.78 is 2.12. The Morgan fingerprint density at radius 3 is 3.08 bits per heavy atom. The third-order valence-electron chi connectivity index (χ3n) is 1.89. The number of hydrogen-bond acceptors (Lipinski definition) is 2. The van der Waals surface area contributed by atoms with Crippen LogP contribution in [0, 0.1) is 3.95 Å². The number of aromatic nitrogens is 1. The SMILES string of the molecule is CCc1ccc2[nH]c(=S)sc2c1. The molecule has 0 amide bonds. The first-order chi connectivity index (χ1) is 5.79. The van der Waals surface area contributed by atoms with Gasteiger partial charge in [-0.3, -0.25) is 0 Å². The van der Waals surface area contributed by atoms with Gasteiger partial charge in [0.15, 0.2) is 3.95 Å².